The molecule has 146 valence electrons. The summed E-state index contributed by atoms with van der Waals surface area (Å²) in [6.07, 6.45) is -1.34. The van der Waals surface area contributed by atoms with Crippen molar-refractivity contribution in [3.63, 3.8) is 0 Å². The molecule has 27 heavy (non-hydrogen) atoms. The van der Waals surface area contributed by atoms with Crippen molar-refractivity contribution in [3.05, 3.63) is 71.3 Å². The topological polar surface area (TPSA) is 134 Å². The van der Waals surface area contributed by atoms with E-state index in [-0.39, 0.29) is 37.6 Å². The Kier molecular flexibility index (Phi) is 10.4. The molecule has 0 saturated heterocycles. The van der Waals surface area contributed by atoms with Crippen LogP contribution in [-0.2, 0) is 9.47 Å². The van der Waals surface area contributed by atoms with Gasteiger partial charge in [0.1, 0.15) is 13.2 Å². The van der Waals surface area contributed by atoms with Crippen molar-refractivity contribution in [2.45, 2.75) is 6.29 Å². The highest BCUT2D eigenvalue weighted by Gasteiger charge is 2.10. The maximum Gasteiger partial charge on any atom is 0.338 e. The first-order chi connectivity index (χ1) is 13.0. The molecule has 0 amide bonds. The number of carbonyl (C=O) groups excluding carboxylic acids is 2. The van der Waals surface area contributed by atoms with Crippen molar-refractivity contribution in [2.75, 3.05) is 26.4 Å². The first-order valence-corrected chi connectivity index (χ1v) is 8.06. The Balaban J connectivity index is 0.000000337. The van der Waals surface area contributed by atoms with Gasteiger partial charge in [-0.05, 0) is 24.3 Å². The Bertz CT molecular complexity index is 644. The maximum absolute atomic E-state index is 11.4. The quantitative estimate of drug-likeness (QED) is 0.408. The minimum absolute atomic E-state index is 0.0703. The molecule has 0 fully saturated rings. The van der Waals surface area contributed by atoms with E-state index in [1.54, 1.807) is 24.3 Å². The van der Waals surface area contributed by atoms with E-state index in [4.69, 9.17) is 29.9 Å². The number of hydrogen-bond donors (Lipinski definition) is 4. The molecule has 0 spiro atoms. The minimum Gasteiger partial charge on any atom is -0.460 e. The van der Waals surface area contributed by atoms with Gasteiger partial charge in [0.15, 0.2) is 6.29 Å². The van der Waals surface area contributed by atoms with Crippen LogP contribution in [0.4, 0.5) is 0 Å². The molecule has 0 radical (unpaired) electrons. The number of benzene rings is 2. The Labute approximate surface area is 156 Å². The summed E-state index contributed by atoms with van der Waals surface area (Å²) in [5.74, 6) is -1.14. The summed E-state index contributed by atoms with van der Waals surface area (Å²) in [4.78, 5) is 22.7. The molecule has 8 nitrogen and oxygen atoms in total. The number of aliphatic hydroxyl groups is 4. The highest BCUT2D eigenvalue weighted by molar-refractivity contribution is 5.93. The third kappa shape index (κ3) is 8.43. The van der Waals surface area contributed by atoms with Crippen molar-refractivity contribution in [2.24, 2.45) is 0 Å². The number of hydrogen-bond acceptors (Lipinski definition) is 8. The average molecular weight is 378 g/mol. The van der Waals surface area contributed by atoms with Crippen molar-refractivity contribution < 1.29 is 39.5 Å². The normalized spacial score (nSPS) is 9.96. The van der Waals surface area contributed by atoms with Gasteiger partial charge >= 0.3 is 11.9 Å². The number of carbonyl (C=O) groups is 2. The molecule has 8 heteroatoms. The van der Waals surface area contributed by atoms with Crippen molar-refractivity contribution in [1.29, 1.82) is 0 Å². The smallest absolute Gasteiger partial charge is 0.338 e. The molecule has 0 aliphatic heterocycles. The van der Waals surface area contributed by atoms with E-state index in [2.05, 4.69) is 0 Å². The summed E-state index contributed by atoms with van der Waals surface area (Å²) in [7, 11) is 0. The second-order valence-electron chi connectivity index (χ2n) is 5.08. The fourth-order valence-electron chi connectivity index (χ4n) is 1.81. The molecule has 0 aliphatic carbocycles. The molecule has 2 aromatic rings. The van der Waals surface area contributed by atoms with E-state index in [0.29, 0.717) is 5.56 Å². The first-order valence-electron chi connectivity index (χ1n) is 8.06. The Morgan fingerprint density at radius 1 is 0.741 bits per heavy atom. The Hall–Kier alpha value is -2.78. The molecule has 2 aromatic carbocycles. The van der Waals surface area contributed by atoms with E-state index in [1.807, 2.05) is 6.07 Å². The number of rotatable bonds is 7. The Morgan fingerprint density at radius 2 is 1.15 bits per heavy atom. The molecular weight excluding hydrogens is 356 g/mol. The van der Waals surface area contributed by atoms with Gasteiger partial charge in [-0.3, -0.25) is 0 Å². The van der Waals surface area contributed by atoms with Gasteiger partial charge in [0.05, 0.1) is 24.3 Å². The van der Waals surface area contributed by atoms with Crippen LogP contribution in [-0.4, -0.2) is 58.8 Å². The van der Waals surface area contributed by atoms with Crippen LogP contribution in [0.3, 0.4) is 0 Å². The van der Waals surface area contributed by atoms with Crippen LogP contribution in [0, 0.1) is 0 Å². The number of ether oxygens (including phenoxy) is 2. The molecule has 4 N–H and O–H groups in total. The third-order valence-electron chi connectivity index (χ3n) is 3.10. The van der Waals surface area contributed by atoms with E-state index < -0.39 is 18.2 Å². The molecule has 2 rings (SSSR count). The van der Waals surface area contributed by atoms with Crippen LogP contribution in [0.25, 0.3) is 0 Å². The van der Waals surface area contributed by atoms with Crippen LogP contribution in [0.15, 0.2) is 54.6 Å². The zero-order chi connectivity index (χ0) is 20.1. The van der Waals surface area contributed by atoms with E-state index in [1.165, 1.54) is 24.3 Å². The molecule has 0 bridgehead atoms. The lowest BCUT2D eigenvalue weighted by molar-refractivity contribution is -0.0424. The summed E-state index contributed by atoms with van der Waals surface area (Å²) < 4.78 is 9.41. The largest absolute Gasteiger partial charge is 0.460 e. The zero-order valence-corrected chi connectivity index (χ0v) is 14.5. The van der Waals surface area contributed by atoms with Crippen LogP contribution >= 0.6 is 0 Å². The summed E-state index contributed by atoms with van der Waals surface area (Å²) in [5.41, 5.74) is 1.09. The van der Waals surface area contributed by atoms with Gasteiger partial charge in [-0.2, -0.15) is 0 Å². The maximum atomic E-state index is 11.4. The lowest BCUT2D eigenvalue weighted by atomic mass is 10.1. The standard InChI is InChI=1S/C12H14O6.C7H8O2/c13-5-7-17-11(15)9-1-2-10(4-3-9)12(16)18-8-6-14;8-7(9)6-4-2-1-3-5-6/h1-4,13-14H,5-8H2;1-5,7-9H. The van der Waals surface area contributed by atoms with Crippen LogP contribution < -0.4 is 0 Å². The van der Waals surface area contributed by atoms with Crippen LogP contribution in [0.2, 0.25) is 0 Å². The molecular formula is C19H22O8. The average Bonchev–Trinajstić information content (AvgIpc) is 2.71. The molecule has 0 aliphatic rings. The second kappa shape index (κ2) is 12.6. The summed E-state index contributed by atoms with van der Waals surface area (Å²) in [6, 6.07) is 14.4. The van der Waals surface area contributed by atoms with Crippen molar-refractivity contribution in [3.8, 4) is 0 Å². The molecule has 0 unspecified atom stereocenters. The fraction of sp³-hybridized carbons (Fsp3) is 0.263. The van der Waals surface area contributed by atoms with E-state index in [0.717, 1.165) is 0 Å². The van der Waals surface area contributed by atoms with Gasteiger partial charge < -0.3 is 29.9 Å². The number of esters is 2. The first kappa shape index (κ1) is 22.3. The predicted molar refractivity (Wildman–Crippen MR) is 94.8 cm³/mol. The second-order valence-corrected chi connectivity index (χ2v) is 5.08. The molecule has 0 saturated carbocycles. The third-order valence-corrected chi connectivity index (χ3v) is 3.10. The van der Waals surface area contributed by atoms with Crippen molar-refractivity contribution >= 4 is 11.9 Å². The SMILES string of the molecule is O=C(OCCO)c1ccc(C(=O)OCCO)cc1.OC(O)c1ccccc1. The van der Waals surface area contributed by atoms with Gasteiger partial charge in [0.25, 0.3) is 0 Å². The van der Waals surface area contributed by atoms with E-state index >= 15 is 0 Å². The summed E-state index contributed by atoms with van der Waals surface area (Å²) in [6.45, 7) is -0.618. The molecule has 0 atom stereocenters. The lowest BCUT2D eigenvalue weighted by Gasteiger charge is -2.05. The van der Waals surface area contributed by atoms with Crippen LogP contribution in [0.1, 0.15) is 32.6 Å². The Morgan fingerprint density at radius 3 is 1.44 bits per heavy atom. The van der Waals surface area contributed by atoms with Gasteiger partial charge in [0, 0.05) is 5.56 Å². The van der Waals surface area contributed by atoms with Crippen LogP contribution in [0.5, 0.6) is 0 Å². The lowest BCUT2D eigenvalue weighted by Crippen LogP contribution is -2.11. The predicted octanol–water partition coefficient (Wildman–Crippen LogP) is 0.655. The van der Waals surface area contributed by atoms with Gasteiger partial charge in [-0.15, -0.1) is 0 Å². The minimum atomic E-state index is -1.34. The highest BCUT2D eigenvalue weighted by atomic mass is 16.5. The molecule has 0 aromatic heterocycles. The van der Waals surface area contributed by atoms with Gasteiger partial charge in [-0.1, -0.05) is 30.3 Å². The number of aliphatic hydroxyl groups excluding tert-OH is 3. The van der Waals surface area contributed by atoms with Gasteiger partial charge in [-0.25, -0.2) is 9.59 Å². The van der Waals surface area contributed by atoms with Gasteiger partial charge in [0.2, 0.25) is 0 Å². The highest BCUT2D eigenvalue weighted by Crippen LogP contribution is 2.08. The summed E-state index contributed by atoms with van der Waals surface area (Å²) >= 11 is 0. The fourth-order valence-corrected chi connectivity index (χ4v) is 1.81. The van der Waals surface area contributed by atoms with E-state index in [9.17, 15) is 9.59 Å². The van der Waals surface area contributed by atoms with Crippen molar-refractivity contribution in [1.82, 2.24) is 0 Å². The zero-order valence-electron chi connectivity index (χ0n) is 14.5. The monoisotopic (exact) mass is 378 g/mol. The summed E-state index contributed by atoms with van der Waals surface area (Å²) in [5, 5.41) is 34.2. The molecule has 0 heterocycles.